The van der Waals surface area contributed by atoms with Gasteiger partial charge in [-0.3, -0.25) is 9.59 Å². The highest BCUT2D eigenvalue weighted by atomic mass is 16.3. The molecule has 24 heavy (non-hydrogen) atoms. The highest BCUT2D eigenvalue weighted by Gasteiger charge is 2.20. The van der Waals surface area contributed by atoms with Crippen LogP contribution in [0.3, 0.4) is 0 Å². The largest absolute Gasteiger partial charge is 0.507 e. The van der Waals surface area contributed by atoms with E-state index >= 15 is 0 Å². The monoisotopic (exact) mass is 320 g/mol. The van der Waals surface area contributed by atoms with E-state index in [0.717, 1.165) is 0 Å². The minimum Gasteiger partial charge on any atom is -0.507 e. The first kappa shape index (κ1) is 15.6. The maximum absolute atomic E-state index is 12.3. The van der Waals surface area contributed by atoms with Gasteiger partial charge in [-0.05, 0) is 24.3 Å². The van der Waals surface area contributed by atoms with Crippen molar-refractivity contribution in [3.05, 3.63) is 66.7 Å². The van der Waals surface area contributed by atoms with E-state index in [1.54, 1.807) is 67.7 Å². The maximum atomic E-state index is 12.3. The van der Waals surface area contributed by atoms with E-state index < -0.39 is 11.8 Å². The molecule has 3 aromatic rings. The summed E-state index contributed by atoms with van der Waals surface area (Å²) in [6.07, 6.45) is 0. The van der Waals surface area contributed by atoms with Gasteiger partial charge in [0.2, 0.25) is 0 Å². The van der Waals surface area contributed by atoms with Gasteiger partial charge in [0.05, 0.1) is 0 Å². The highest BCUT2D eigenvalue weighted by Crippen LogP contribution is 2.29. The zero-order valence-corrected chi connectivity index (χ0v) is 13.1. The lowest BCUT2D eigenvalue weighted by Crippen LogP contribution is -2.37. The van der Waals surface area contributed by atoms with Gasteiger partial charge in [-0.25, -0.2) is 0 Å². The van der Waals surface area contributed by atoms with Crippen LogP contribution in [0.25, 0.3) is 10.8 Å². The number of carbonyl (C=O) groups excluding carboxylic acids is 2. The van der Waals surface area contributed by atoms with Crippen molar-refractivity contribution in [2.24, 2.45) is 0 Å². The summed E-state index contributed by atoms with van der Waals surface area (Å²) in [5.74, 6) is -1.29. The maximum Gasteiger partial charge on any atom is 0.316 e. The van der Waals surface area contributed by atoms with Gasteiger partial charge in [0.25, 0.3) is 0 Å². The van der Waals surface area contributed by atoms with Gasteiger partial charge in [0, 0.05) is 29.2 Å². The van der Waals surface area contributed by atoms with Gasteiger partial charge in [-0.2, -0.15) is 0 Å². The van der Waals surface area contributed by atoms with Crippen molar-refractivity contribution in [1.29, 1.82) is 0 Å². The summed E-state index contributed by atoms with van der Waals surface area (Å²) in [6.45, 7) is 0. The molecule has 0 spiro atoms. The number of hydrogen-bond donors (Lipinski definition) is 2. The van der Waals surface area contributed by atoms with Crippen molar-refractivity contribution >= 4 is 34.0 Å². The van der Waals surface area contributed by atoms with Gasteiger partial charge < -0.3 is 15.3 Å². The van der Waals surface area contributed by atoms with Gasteiger partial charge >= 0.3 is 11.8 Å². The number of nitrogens with one attached hydrogen (secondary N) is 1. The minimum atomic E-state index is -0.739. The highest BCUT2D eigenvalue weighted by molar-refractivity contribution is 6.44. The standard InChI is InChI=1S/C19H16N2O3/c1-21(13-7-3-2-4-8-13)19(24)18(23)20-16-11-5-10-15-14(16)9-6-12-17(15)22/h2-12,22H,1H3,(H,20,23). The quantitative estimate of drug-likeness (QED) is 0.713. The molecule has 0 aromatic heterocycles. The van der Waals surface area contributed by atoms with Crippen LogP contribution >= 0.6 is 0 Å². The number of anilines is 2. The van der Waals surface area contributed by atoms with E-state index in [4.69, 9.17) is 0 Å². The molecule has 0 heterocycles. The fraction of sp³-hybridized carbons (Fsp3) is 0.0526. The molecule has 5 nitrogen and oxygen atoms in total. The van der Waals surface area contributed by atoms with E-state index in [9.17, 15) is 14.7 Å². The number of likely N-dealkylation sites (N-methyl/N-ethyl adjacent to an activating group) is 1. The van der Waals surface area contributed by atoms with E-state index in [2.05, 4.69) is 5.32 Å². The fourth-order valence-corrected chi connectivity index (χ4v) is 2.50. The summed E-state index contributed by atoms with van der Waals surface area (Å²) in [6, 6.07) is 19.1. The van der Waals surface area contributed by atoms with Crippen molar-refractivity contribution in [2.45, 2.75) is 0 Å². The van der Waals surface area contributed by atoms with Crippen molar-refractivity contribution in [3.63, 3.8) is 0 Å². The lowest BCUT2D eigenvalue weighted by molar-refractivity contribution is -0.134. The Hall–Kier alpha value is -3.34. The van der Waals surface area contributed by atoms with E-state index in [1.165, 1.54) is 4.90 Å². The van der Waals surface area contributed by atoms with Crippen LogP contribution in [0.15, 0.2) is 66.7 Å². The third kappa shape index (κ3) is 2.92. The first-order chi connectivity index (χ1) is 11.6. The smallest absolute Gasteiger partial charge is 0.316 e. The van der Waals surface area contributed by atoms with Gasteiger partial charge in [-0.15, -0.1) is 0 Å². The van der Waals surface area contributed by atoms with Crippen LogP contribution in [-0.2, 0) is 9.59 Å². The number of fused-ring (bicyclic) bond motifs is 1. The third-order valence-corrected chi connectivity index (χ3v) is 3.79. The molecule has 0 aliphatic heterocycles. The topological polar surface area (TPSA) is 69.6 Å². The summed E-state index contributed by atoms with van der Waals surface area (Å²) < 4.78 is 0. The molecule has 5 heteroatoms. The summed E-state index contributed by atoms with van der Waals surface area (Å²) in [7, 11) is 1.55. The minimum absolute atomic E-state index is 0.122. The number of benzene rings is 3. The zero-order chi connectivity index (χ0) is 17.1. The number of hydrogen-bond acceptors (Lipinski definition) is 3. The molecule has 0 aliphatic carbocycles. The zero-order valence-electron chi connectivity index (χ0n) is 13.1. The van der Waals surface area contributed by atoms with Crippen LogP contribution in [0, 0.1) is 0 Å². The number of nitrogens with zero attached hydrogens (tertiary/aromatic N) is 1. The van der Waals surface area contributed by atoms with E-state index in [0.29, 0.717) is 22.1 Å². The summed E-state index contributed by atoms with van der Waals surface area (Å²) in [5.41, 5.74) is 1.11. The van der Waals surface area contributed by atoms with Crippen molar-refractivity contribution in [2.75, 3.05) is 17.3 Å². The molecule has 3 aromatic carbocycles. The number of carbonyl (C=O) groups is 2. The van der Waals surface area contributed by atoms with Crippen LogP contribution in [0.5, 0.6) is 5.75 Å². The predicted molar refractivity (Wildman–Crippen MR) is 94.1 cm³/mol. The molecule has 0 aliphatic rings. The molecule has 0 fully saturated rings. The lowest BCUT2D eigenvalue weighted by Gasteiger charge is -2.17. The Morgan fingerprint density at radius 3 is 2.29 bits per heavy atom. The average molecular weight is 320 g/mol. The van der Waals surface area contributed by atoms with Crippen LogP contribution in [0.4, 0.5) is 11.4 Å². The Morgan fingerprint density at radius 2 is 1.54 bits per heavy atom. The summed E-state index contributed by atoms with van der Waals surface area (Å²) in [4.78, 5) is 25.9. The molecule has 0 radical (unpaired) electrons. The van der Waals surface area contributed by atoms with E-state index in [1.807, 2.05) is 6.07 Å². The summed E-state index contributed by atoms with van der Waals surface area (Å²) >= 11 is 0. The molecule has 0 saturated heterocycles. The van der Waals surface area contributed by atoms with Crippen LogP contribution in [-0.4, -0.2) is 24.0 Å². The van der Waals surface area contributed by atoms with Crippen molar-refractivity contribution in [1.82, 2.24) is 0 Å². The molecule has 2 N–H and O–H groups in total. The molecular weight excluding hydrogens is 304 g/mol. The molecule has 0 atom stereocenters. The van der Waals surface area contributed by atoms with Crippen LogP contribution < -0.4 is 10.2 Å². The van der Waals surface area contributed by atoms with Crippen LogP contribution in [0.1, 0.15) is 0 Å². The summed E-state index contributed by atoms with van der Waals surface area (Å²) in [5, 5.41) is 13.8. The first-order valence-corrected chi connectivity index (χ1v) is 7.42. The number of para-hydroxylation sites is 1. The van der Waals surface area contributed by atoms with Crippen LogP contribution in [0.2, 0.25) is 0 Å². The molecular formula is C19H16N2O3. The second-order valence-electron chi connectivity index (χ2n) is 5.33. The Bertz CT molecular complexity index is 907. The lowest BCUT2D eigenvalue weighted by atomic mass is 10.1. The molecule has 3 rings (SSSR count). The number of amides is 2. The third-order valence-electron chi connectivity index (χ3n) is 3.79. The first-order valence-electron chi connectivity index (χ1n) is 7.42. The Labute approximate surface area is 139 Å². The molecule has 0 unspecified atom stereocenters. The average Bonchev–Trinajstić information content (AvgIpc) is 2.62. The molecule has 0 saturated carbocycles. The Morgan fingerprint density at radius 1 is 0.875 bits per heavy atom. The number of phenols is 1. The van der Waals surface area contributed by atoms with Gasteiger partial charge in [0.15, 0.2) is 0 Å². The predicted octanol–water partition coefficient (Wildman–Crippen LogP) is 3.15. The van der Waals surface area contributed by atoms with Crippen molar-refractivity contribution in [3.8, 4) is 5.75 Å². The van der Waals surface area contributed by atoms with E-state index in [-0.39, 0.29) is 5.75 Å². The number of rotatable bonds is 2. The fourth-order valence-electron chi connectivity index (χ4n) is 2.50. The number of aromatic hydroxyl groups is 1. The SMILES string of the molecule is CN(C(=O)C(=O)Nc1cccc2c(O)cccc12)c1ccccc1. The van der Waals surface area contributed by atoms with Gasteiger partial charge in [-0.1, -0.05) is 42.5 Å². The normalized spacial score (nSPS) is 10.4. The molecule has 0 bridgehead atoms. The second kappa shape index (κ2) is 6.42. The Kier molecular flexibility index (Phi) is 4.16. The second-order valence-corrected chi connectivity index (χ2v) is 5.33. The molecule has 120 valence electrons. The number of phenolic OH excluding ortho intramolecular Hbond substituents is 1. The van der Waals surface area contributed by atoms with Crippen molar-refractivity contribution < 1.29 is 14.7 Å². The van der Waals surface area contributed by atoms with Gasteiger partial charge in [0.1, 0.15) is 5.75 Å². The Balaban J connectivity index is 1.85. The molecule has 2 amide bonds.